The Morgan fingerprint density at radius 3 is 2.61 bits per heavy atom. The van der Waals surface area contributed by atoms with Crippen LogP contribution in [0.2, 0.25) is 0 Å². The zero-order chi connectivity index (χ0) is 16.4. The fraction of sp³-hybridized carbons (Fsp3) is 0.133. The molecule has 0 unspecified atom stereocenters. The van der Waals surface area contributed by atoms with Gasteiger partial charge in [0.25, 0.3) is 10.0 Å². The first-order valence-electron chi connectivity index (χ1n) is 6.90. The second kappa shape index (κ2) is 5.81. The molecule has 1 aromatic heterocycles. The van der Waals surface area contributed by atoms with Crippen LogP contribution in [0.15, 0.2) is 47.4 Å². The molecule has 2 N–H and O–H groups in total. The molecule has 3 rings (SSSR count). The van der Waals surface area contributed by atoms with Crippen molar-refractivity contribution < 1.29 is 8.42 Å². The van der Waals surface area contributed by atoms with Crippen LogP contribution in [0.3, 0.4) is 0 Å². The largest absolute Gasteiger partial charge is 0.280 e. The molecular weight excluding hydrogens is 314 g/mol. The molecule has 0 aliphatic carbocycles. The summed E-state index contributed by atoms with van der Waals surface area (Å²) in [5.74, 6) is 0.401. The van der Waals surface area contributed by atoms with Gasteiger partial charge in [-0.2, -0.15) is 5.21 Å². The number of benzene rings is 2. The van der Waals surface area contributed by atoms with Gasteiger partial charge in [-0.1, -0.05) is 29.8 Å². The Bertz CT molecular complexity index is 936. The Kier molecular flexibility index (Phi) is 3.83. The second-order valence-electron chi connectivity index (χ2n) is 5.19. The van der Waals surface area contributed by atoms with Crippen LogP contribution in [-0.2, 0) is 10.0 Å². The van der Waals surface area contributed by atoms with Crippen LogP contribution < -0.4 is 4.72 Å². The number of nitrogens with one attached hydrogen (secondary N) is 2. The third kappa shape index (κ3) is 3.21. The molecular formula is C15H15N5O2S. The molecule has 8 heteroatoms. The van der Waals surface area contributed by atoms with E-state index in [0.717, 1.165) is 5.56 Å². The fourth-order valence-corrected chi connectivity index (χ4v) is 3.59. The number of anilines is 1. The lowest BCUT2D eigenvalue weighted by atomic mass is 10.2. The maximum Gasteiger partial charge on any atom is 0.262 e. The normalized spacial score (nSPS) is 11.4. The van der Waals surface area contributed by atoms with Crippen LogP contribution in [0.4, 0.5) is 5.69 Å². The molecule has 0 spiro atoms. The third-order valence-corrected chi connectivity index (χ3v) is 4.88. The van der Waals surface area contributed by atoms with Crippen LogP contribution in [0.25, 0.3) is 11.4 Å². The van der Waals surface area contributed by atoms with Gasteiger partial charge in [-0.25, -0.2) is 8.42 Å². The van der Waals surface area contributed by atoms with Crippen molar-refractivity contribution in [2.24, 2.45) is 0 Å². The van der Waals surface area contributed by atoms with Crippen molar-refractivity contribution in [3.05, 3.63) is 53.6 Å². The van der Waals surface area contributed by atoms with Gasteiger partial charge in [0.2, 0.25) is 5.82 Å². The van der Waals surface area contributed by atoms with Crippen molar-refractivity contribution in [1.82, 2.24) is 20.6 Å². The Balaban J connectivity index is 1.93. The maximum atomic E-state index is 12.6. The minimum Gasteiger partial charge on any atom is -0.280 e. The molecule has 0 radical (unpaired) electrons. The molecule has 0 fully saturated rings. The van der Waals surface area contributed by atoms with Gasteiger partial charge >= 0.3 is 0 Å². The van der Waals surface area contributed by atoms with Crippen molar-refractivity contribution >= 4 is 15.7 Å². The van der Waals surface area contributed by atoms with Gasteiger partial charge in [-0.15, -0.1) is 10.2 Å². The van der Waals surface area contributed by atoms with Gasteiger partial charge < -0.3 is 0 Å². The number of H-pyrrole nitrogens is 1. The highest BCUT2D eigenvalue weighted by molar-refractivity contribution is 7.92. The van der Waals surface area contributed by atoms with Crippen LogP contribution in [0.1, 0.15) is 11.1 Å². The number of aromatic nitrogens is 4. The lowest BCUT2D eigenvalue weighted by molar-refractivity contribution is 0.600. The van der Waals surface area contributed by atoms with E-state index in [-0.39, 0.29) is 4.90 Å². The summed E-state index contributed by atoms with van der Waals surface area (Å²) in [7, 11) is -3.66. The van der Waals surface area contributed by atoms with Gasteiger partial charge in [0.05, 0.1) is 4.90 Å². The molecule has 1 heterocycles. The summed E-state index contributed by atoms with van der Waals surface area (Å²) < 4.78 is 27.7. The minimum atomic E-state index is -3.66. The van der Waals surface area contributed by atoms with E-state index in [1.54, 1.807) is 43.3 Å². The topological polar surface area (TPSA) is 101 Å². The number of aromatic amines is 1. The summed E-state index contributed by atoms with van der Waals surface area (Å²) in [6, 6.07) is 12.1. The highest BCUT2D eigenvalue weighted by Crippen LogP contribution is 2.23. The van der Waals surface area contributed by atoms with Crippen LogP contribution >= 0.6 is 0 Å². The SMILES string of the molecule is Cc1ccc(S(=O)(=O)Nc2cccc(-c3nn[nH]n3)c2)c(C)c1. The Labute approximate surface area is 133 Å². The first-order chi connectivity index (χ1) is 11.0. The number of nitrogens with zero attached hydrogens (tertiary/aromatic N) is 3. The van der Waals surface area contributed by atoms with Crippen molar-refractivity contribution in [3.63, 3.8) is 0 Å². The summed E-state index contributed by atoms with van der Waals surface area (Å²) >= 11 is 0. The lowest BCUT2D eigenvalue weighted by Gasteiger charge is -2.11. The van der Waals surface area contributed by atoms with Gasteiger partial charge in [0, 0.05) is 11.3 Å². The van der Waals surface area contributed by atoms with E-state index in [1.165, 1.54) is 0 Å². The van der Waals surface area contributed by atoms with E-state index < -0.39 is 10.0 Å². The molecule has 7 nitrogen and oxygen atoms in total. The third-order valence-electron chi connectivity index (χ3n) is 3.34. The average Bonchev–Trinajstić information content (AvgIpc) is 3.00. The molecule has 0 aliphatic rings. The van der Waals surface area contributed by atoms with E-state index in [9.17, 15) is 8.42 Å². The Morgan fingerprint density at radius 2 is 1.91 bits per heavy atom. The van der Waals surface area contributed by atoms with Crippen LogP contribution in [0, 0.1) is 13.8 Å². The van der Waals surface area contributed by atoms with Gasteiger partial charge in [-0.3, -0.25) is 4.72 Å². The van der Waals surface area contributed by atoms with Gasteiger partial charge in [0.15, 0.2) is 0 Å². The molecule has 2 aromatic carbocycles. The predicted molar refractivity (Wildman–Crippen MR) is 86.3 cm³/mol. The molecule has 3 aromatic rings. The summed E-state index contributed by atoms with van der Waals surface area (Å²) in [6.45, 7) is 3.70. The van der Waals surface area contributed by atoms with Crippen molar-refractivity contribution in [1.29, 1.82) is 0 Å². The second-order valence-corrected chi connectivity index (χ2v) is 6.84. The van der Waals surface area contributed by atoms with Gasteiger partial charge in [0.1, 0.15) is 0 Å². The van der Waals surface area contributed by atoms with Gasteiger partial charge in [-0.05, 0) is 42.8 Å². The van der Waals surface area contributed by atoms with Crippen molar-refractivity contribution in [3.8, 4) is 11.4 Å². The van der Waals surface area contributed by atoms with E-state index in [2.05, 4.69) is 25.3 Å². The first kappa shape index (κ1) is 15.2. The van der Waals surface area contributed by atoms with Crippen LogP contribution in [-0.4, -0.2) is 29.0 Å². The maximum absolute atomic E-state index is 12.6. The molecule has 0 amide bonds. The lowest BCUT2D eigenvalue weighted by Crippen LogP contribution is -2.14. The van der Waals surface area contributed by atoms with Crippen molar-refractivity contribution in [2.75, 3.05) is 4.72 Å². The molecule has 0 bridgehead atoms. The smallest absolute Gasteiger partial charge is 0.262 e. The average molecular weight is 329 g/mol. The standard InChI is InChI=1S/C15H15N5O2S/c1-10-6-7-14(11(2)8-10)23(21,22)18-13-5-3-4-12(9-13)15-16-19-20-17-15/h3-9,18H,1-2H3,(H,16,17,19,20). The number of tetrazole rings is 1. The van der Waals surface area contributed by atoms with Crippen molar-refractivity contribution in [2.45, 2.75) is 18.7 Å². The van der Waals surface area contributed by atoms with E-state index in [4.69, 9.17) is 0 Å². The quantitative estimate of drug-likeness (QED) is 0.765. The monoisotopic (exact) mass is 329 g/mol. The number of aryl methyl sites for hydroxylation is 2. The Morgan fingerprint density at radius 1 is 1.09 bits per heavy atom. The summed E-state index contributed by atoms with van der Waals surface area (Å²) in [5.41, 5.74) is 2.82. The summed E-state index contributed by atoms with van der Waals surface area (Å²) in [5, 5.41) is 13.6. The number of sulfonamides is 1. The molecule has 0 saturated heterocycles. The number of hydrogen-bond acceptors (Lipinski definition) is 5. The number of hydrogen-bond donors (Lipinski definition) is 2. The first-order valence-corrected chi connectivity index (χ1v) is 8.38. The minimum absolute atomic E-state index is 0.257. The van der Waals surface area contributed by atoms with E-state index >= 15 is 0 Å². The zero-order valence-electron chi connectivity index (χ0n) is 12.6. The molecule has 118 valence electrons. The predicted octanol–water partition coefficient (Wildman–Crippen LogP) is 2.28. The summed E-state index contributed by atoms with van der Waals surface area (Å²) in [4.78, 5) is 0.257. The zero-order valence-corrected chi connectivity index (χ0v) is 13.4. The van der Waals surface area contributed by atoms with E-state index in [0.29, 0.717) is 22.6 Å². The summed E-state index contributed by atoms with van der Waals surface area (Å²) in [6.07, 6.45) is 0. The van der Waals surface area contributed by atoms with E-state index in [1.807, 2.05) is 13.0 Å². The molecule has 0 aliphatic heterocycles. The number of rotatable bonds is 4. The Hall–Kier alpha value is -2.74. The van der Waals surface area contributed by atoms with Crippen LogP contribution in [0.5, 0.6) is 0 Å². The fourth-order valence-electron chi connectivity index (χ4n) is 2.32. The highest BCUT2D eigenvalue weighted by atomic mass is 32.2. The molecule has 0 saturated carbocycles. The molecule has 23 heavy (non-hydrogen) atoms. The highest BCUT2D eigenvalue weighted by Gasteiger charge is 2.17. The molecule has 0 atom stereocenters.